The Morgan fingerprint density at radius 2 is 1.88 bits per heavy atom. The molecule has 0 aromatic carbocycles. The van der Waals surface area contributed by atoms with Crippen LogP contribution in [0, 0.1) is 5.92 Å². The van der Waals surface area contributed by atoms with Gasteiger partial charge in [0, 0.05) is 19.2 Å². The third-order valence-corrected chi connectivity index (χ3v) is 3.47. The van der Waals surface area contributed by atoms with Crippen LogP contribution in [0.3, 0.4) is 0 Å². The van der Waals surface area contributed by atoms with Crippen LogP contribution >= 0.6 is 0 Å². The zero-order chi connectivity index (χ0) is 11.4. The molecule has 0 amide bonds. The van der Waals surface area contributed by atoms with Crippen molar-refractivity contribution in [1.29, 1.82) is 0 Å². The lowest BCUT2D eigenvalue weighted by molar-refractivity contribution is 0.0898. The number of nitrogens with zero attached hydrogens (tertiary/aromatic N) is 2. The van der Waals surface area contributed by atoms with Gasteiger partial charge in [0.1, 0.15) is 0 Å². The summed E-state index contributed by atoms with van der Waals surface area (Å²) < 4.78 is 1.70. The SMILES string of the molecule is Cn1cc(C(=O)C2CCCCCCC2)cn1. The first-order valence-electron chi connectivity index (χ1n) is 6.30. The normalized spacial score (nSPS) is 19.1. The molecular formula is C13H20N2O. The number of hydrogen-bond acceptors (Lipinski definition) is 2. The second-order valence-corrected chi connectivity index (χ2v) is 4.81. The highest BCUT2D eigenvalue weighted by atomic mass is 16.1. The smallest absolute Gasteiger partial charge is 0.169 e. The van der Waals surface area contributed by atoms with E-state index in [9.17, 15) is 4.79 Å². The van der Waals surface area contributed by atoms with E-state index in [1.165, 1.54) is 32.1 Å². The summed E-state index contributed by atoms with van der Waals surface area (Å²) in [5.41, 5.74) is 0.785. The van der Waals surface area contributed by atoms with Gasteiger partial charge in [-0.05, 0) is 12.8 Å². The summed E-state index contributed by atoms with van der Waals surface area (Å²) in [6, 6.07) is 0. The Morgan fingerprint density at radius 1 is 1.25 bits per heavy atom. The largest absolute Gasteiger partial charge is 0.294 e. The molecule has 0 radical (unpaired) electrons. The number of aryl methyl sites for hydroxylation is 1. The van der Waals surface area contributed by atoms with Crippen molar-refractivity contribution < 1.29 is 4.79 Å². The van der Waals surface area contributed by atoms with Gasteiger partial charge in [-0.1, -0.05) is 32.1 Å². The fraction of sp³-hybridized carbons (Fsp3) is 0.692. The number of rotatable bonds is 2. The lowest BCUT2D eigenvalue weighted by atomic mass is 9.86. The van der Waals surface area contributed by atoms with E-state index in [1.807, 2.05) is 13.2 Å². The van der Waals surface area contributed by atoms with Crippen LogP contribution in [0.15, 0.2) is 12.4 Å². The van der Waals surface area contributed by atoms with Crippen molar-refractivity contribution in [3.63, 3.8) is 0 Å². The minimum absolute atomic E-state index is 0.240. The molecule has 0 unspecified atom stereocenters. The summed E-state index contributed by atoms with van der Waals surface area (Å²) in [5, 5.41) is 4.07. The van der Waals surface area contributed by atoms with E-state index in [-0.39, 0.29) is 5.92 Å². The average Bonchev–Trinajstić information content (AvgIpc) is 2.63. The summed E-state index contributed by atoms with van der Waals surface area (Å²) >= 11 is 0. The molecule has 1 aromatic rings. The van der Waals surface area contributed by atoms with Crippen LogP contribution in [-0.4, -0.2) is 15.6 Å². The molecule has 0 spiro atoms. The van der Waals surface area contributed by atoms with Gasteiger partial charge in [0.05, 0.1) is 11.8 Å². The molecular weight excluding hydrogens is 200 g/mol. The molecule has 1 fully saturated rings. The predicted octanol–water partition coefficient (Wildman–Crippen LogP) is 2.96. The molecule has 1 saturated carbocycles. The van der Waals surface area contributed by atoms with Crippen molar-refractivity contribution in [3.05, 3.63) is 18.0 Å². The third kappa shape index (κ3) is 2.71. The minimum atomic E-state index is 0.240. The average molecular weight is 220 g/mol. The highest BCUT2D eigenvalue weighted by Crippen LogP contribution is 2.25. The molecule has 0 saturated heterocycles. The Morgan fingerprint density at radius 3 is 2.44 bits per heavy atom. The second kappa shape index (κ2) is 5.28. The molecule has 1 aromatic heterocycles. The van der Waals surface area contributed by atoms with E-state index >= 15 is 0 Å². The monoisotopic (exact) mass is 220 g/mol. The summed E-state index contributed by atoms with van der Waals surface area (Å²) in [4.78, 5) is 12.2. The molecule has 0 N–H and O–H groups in total. The Balaban J connectivity index is 2.01. The van der Waals surface area contributed by atoms with Crippen molar-refractivity contribution in [1.82, 2.24) is 9.78 Å². The summed E-state index contributed by atoms with van der Waals surface area (Å²) in [6.07, 6.45) is 12.0. The van der Waals surface area contributed by atoms with Crippen LogP contribution in [0.1, 0.15) is 55.3 Å². The molecule has 0 aliphatic heterocycles. The maximum atomic E-state index is 12.2. The van der Waals surface area contributed by atoms with Crippen molar-refractivity contribution >= 4 is 5.78 Å². The van der Waals surface area contributed by atoms with Gasteiger partial charge in [-0.3, -0.25) is 9.48 Å². The van der Waals surface area contributed by atoms with Gasteiger partial charge in [0.25, 0.3) is 0 Å². The van der Waals surface area contributed by atoms with Crippen molar-refractivity contribution in [2.75, 3.05) is 0 Å². The Hall–Kier alpha value is -1.12. The van der Waals surface area contributed by atoms with Crippen molar-refractivity contribution in [2.24, 2.45) is 13.0 Å². The van der Waals surface area contributed by atoms with Gasteiger partial charge >= 0.3 is 0 Å². The maximum absolute atomic E-state index is 12.2. The van der Waals surface area contributed by atoms with E-state index in [1.54, 1.807) is 10.9 Å². The van der Waals surface area contributed by atoms with Gasteiger partial charge in [-0.15, -0.1) is 0 Å². The molecule has 3 heteroatoms. The zero-order valence-electron chi connectivity index (χ0n) is 9.98. The topological polar surface area (TPSA) is 34.9 Å². The molecule has 16 heavy (non-hydrogen) atoms. The Kier molecular flexibility index (Phi) is 3.75. The summed E-state index contributed by atoms with van der Waals surface area (Å²) in [6.45, 7) is 0. The van der Waals surface area contributed by atoms with E-state index in [4.69, 9.17) is 0 Å². The van der Waals surface area contributed by atoms with Gasteiger partial charge in [-0.2, -0.15) is 5.10 Å². The molecule has 88 valence electrons. The van der Waals surface area contributed by atoms with Crippen LogP contribution in [0.4, 0.5) is 0 Å². The lowest BCUT2D eigenvalue weighted by Crippen LogP contribution is -2.15. The molecule has 3 nitrogen and oxygen atoms in total. The predicted molar refractivity (Wildman–Crippen MR) is 63.3 cm³/mol. The molecule has 1 heterocycles. The van der Waals surface area contributed by atoms with Crippen LogP contribution in [0.5, 0.6) is 0 Å². The fourth-order valence-electron chi connectivity index (χ4n) is 2.50. The first-order chi connectivity index (χ1) is 7.77. The van der Waals surface area contributed by atoms with Gasteiger partial charge in [-0.25, -0.2) is 0 Å². The van der Waals surface area contributed by atoms with Crippen molar-refractivity contribution in [3.8, 4) is 0 Å². The number of ketones is 1. The number of carbonyl (C=O) groups excluding carboxylic acids is 1. The first kappa shape index (κ1) is 11.4. The maximum Gasteiger partial charge on any atom is 0.169 e. The van der Waals surface area contributed by atoms with E-state index < -0.39 is 0 Å². The highest BCUT2D eigenvalue weighted by molar-refractivity contribution is 5.97. The summed E-state index contributed by atoms with van der Waals surface area (Å²) in [5.74, 6) is 0.541. The molecule has 2 rings (SSSR count). The number of hydrogen-bond donors (Lipinski definition) is 0. The lowest BCUT2D eigenvalue weighted by Gasteiger charge is -2.17. The van der Waals surface area contributed by atoms with Gasteiger partial charge in [0.2, 0.25) is 0 Å². The Bertz CT molecular complexity index is 349. The van der Waals surface area contributed by atoms with Crippen LogP contribution in [0.25, 0.3) is 0 Å². The molecule has 1 aliphatic rings. The number of carbonyl (C=O) groups is 1. The quantitative estimate of drug-likeness (QED) is 0.718. The fourth-order valence-corrected chi connectivity index (χ4v) is 2.50. The van der Waals surface area contributed by atoms with Crippen LogP contribution in [0.2, 0.25) is 0 Å². The number of Topliss-reactive ketones (excluding diaryl/α,β-unsaturated/α-hetero) is 1. The first-order valence-corrected chi connectivity index (χ1v) is 6.30. The van der Waals surface area contributed by atoms with Gasteiger partial charge < -0.3 is 0 Å². The molecule has 1 aliphatic carbocycles. The van der Waals surface area contributed by atoms with E-state index in [0.29, 0.717) is 5.78 Å². The minimum Gasteiger partial charge on any atom is -0.294 e. The third-order valence-electron chi connectivity index (χ3n) is 3.47. The molecule has 0 atom stereocenters. The zero-order valence-corrected chi connectivity index (χ0v) is 9.98. The highest BCUT2D eigenvalue weighted by Gasteiger charge is 2.21. The van der Waals surface area contributed by atoms with Crippen LogP contribution < -0.4 is 0 Å². The van der Waals surface area contributed by atoms with E-state index in [2.05, 4.69) is 5.10 Å². The number of aromatic nitrogens is 2. The summed E-state index contributed by atoms with van der Waals surface area (Å²) in [7, 11) is 1.86. The van der Waals surface area contributed by atoms with Crippen molar-refractivity contribution in [2.45, 2.75) is 44.9 Å². The Labute approximate surface area is 96.8 Å². The molecule has 0 bridgehead atoms. The van der Waals surface area contributed by atoms with Gasteiger partial charge in [0.15, 0.2) is 5.78 Å². The van der Waals surface area contributed by atoms with E-state index in [0.717, 1.165) is 18.4 Å². The van der Waals surface area contributed by atoms with Crippen LogP contribution in [-0.2, 0) is 7.05 Å². The second-order valence-electron chi connectivity index (χ2n) is 4.81. The standard InChI is InChI=1S/C13H20N2O/c1-15-10-12(9-14-15)13(16)11-7-5-3-2-4-6-8-11/h9-11H,2-8H2,1H3.